The van der Waals surface area contributed by atoms with Gasteiger partial charge in [0.1, 0.15) is 7.14 Å². The summed E-state index contributed by atoms with van der Waals surface area (Å²) in [5, 5.41) is 8.42. The number of carbonyl (C=O) groups excluding carboxylic acids is 2. The molecule has 0 spiro atoms. The third kappa shape index (κ3) is 6.40. The second kappa shape index (κ2) is 10.4. The molecule has 2 N–H and O–H groups in total. The molecule has 0 bridgehead atoms. The summed E-state index contributed by atoms with van der Waals surface area (Å²) in [6.45, 7) is 9.39. The molecule has 0 aliphatic rings. The lowest BCUT2D eigenvalue weighted by Gasteiger charge is -2.12. The number of aryl methyl sites for hydroxylation is 1. The van der Waals surface area contributed by atoms with Crippen LogP contribution in [-0.2, 0) is 9.36 Å². The third-order valence-corrected chi connectivity index (χ3v) is 7.98. The van der Waals surface area contributed by atoms with Gasteiger partial charge in [0.15, 0.2) is 5.13 Å². The summed E-state index contributed by atoms with van der Waals surface area (Å²) in [6.07, 6.45) is 1.06. The van der Waals surface area contributed by atoms with Gasteiger partial charge in [-0.3, -0.25) is 9.59 Å². The maximum Gasteiger partial charge on any atom is 0.251 e. The Balaban J connectivity index is 1.61. The zero-order valence-electron chi connectivity index (χ0n) is 19.6. The summed E-state index contributed by atoms with van der Waals surface area (Å²) in [4.78, 5) is 29.4. The monoisotopic (exact) mass is 483 g/mol. The lowest BCUT2D eigenvalue weighted by atomic mass is 9.96. The van der Waals surface area contributed by atoms with Gasteiger partial charge < -0.3 is 15.2 Å². The molecule has 1 aromatic heterocycles. The Morgan fingerprint density at radius 1 is 1.15 bits per heavy atom. The number of hydrogen-bond acceptors (Lipinski definition) is 5. The molecular weight excluding hydrogens is 453 g/mol. The van der Waals surface area contributed by atoms with Crippen molar-refractivity contribution in [1.29, 1.82) is 0 Å². The molecule has 3 rings (SSSR count). The Morgan fingerprint density at radius 3 is 2.61 bits per heavy atom. The molecule has 0 aliphatic carbocycles. The number of rotatable bonds is 8. The molecule has 0 saturated carbocycles. The summed E-state index contributed by atoms with van der Waals surface area (Å²) in [5.41, 5.74) is 4.34. The van der Waals surface area contributed by atoms with Crippen LogP contribution in [0, 0.1) is 6.92 Å². The molecule has 1 atom stereocenters. The Morgan fingerprint density at radius 2 is 1.91 bits per heavy atom. The van der Waals surface area contributed by atoms with E-state index < -0.39 is 7.14 Å². The molecule has 8 heteroatoms. The Hall–Kier alpha value is -2.76. The minimum absolute atomic E-state index is 0.184. The Kier molecular flexibility index (Phi) is 7.88. The van der Waals surface area contributed by atoms with Gasteiger partial charge in [-0.05, 0) is 61.9 Å². The zero-order chi connectivity index (χ0) is 24.2. The van der Waals surface area contributed by atoms with Crippen LogP contribution >= 0.6 is 18.5 Å². The van der Waals surface area contributed by atoms with E-state index in [4.69, 9.17) is 0 Å². The fraction of sp³-hybridized carbons (Fsp3) is 0.320. The van der Waals surface area contributed by atoms with Crippen LogP contribution in [0.5, 0.6) is 0 Å². The first-order valence-electron chi connectivity index (χ1n) is 10.9. The first-order valence-corrected chi connectivity index (χ1v) is 14.4. The maximum atomic E-state index is 12.5. The number of anilines is 1. The smallest absolute Gasteiger partial charge is 0.251 e. The largest absolute Gasteiger partial charge is 0.343 e. The van der Waals surface area contributed by atoms with E-state index in [0.717, 1.165) is 23.2 Å². The number of carbonyl (C=O) groups is 2. The molecular formula is C25H30N3O3PS. The average Bonchev–Trinajstić information content (AvgIpc) is 3.25. The molecule has 0 radical (unpaired) electrons. The second-order valence-corrected chi connectivity index (χ2v) is 12.6. The van der Waals surface area contributed by atoms with Crippen molar-refractivity contribution in [3.05, 3.63) is 64.5 Å². The predicted octanol–water partition coefficient (Wildman–Crippen LogP) is 5.25. The number of aromatic nitrogens is 1. The van der Waals surface area contributed by atoms with E-state index in [0.29, 0.717) is 21.9 Å². The number of amides is 2. The molecule has 6 nitrogen and oxygen atoms in total. The minimum atomic E-state index is -2.51. The highest BCUT2D eigenvalue weighted by atomic mass is 32.1. The Bertz CT molecular complexity index is 1220. The van der Waals surface area contributed by atoms with Crippen molar-refractivity contribution in [2.24, 2.45) is 0 Å². The van der Waals surface area contributed by atoms with Gasteiger partial charge >= 0.3 is 0 Å². The molecule has 2 aromatic carbocycles. The van der Waals surface area contributed by atoms with Crippen molar-refractivity contribution in [2.45, 2.75) is 33.1 Å². The van der Waals surface area contributed by atoms with E-state index >= 15 is 0 Å². The van der Waals surface area contributed by atoms with Crippen LogP contribution in [0.15, 0.2) is 47.8 Å². The molecule has 0 fully saturated rings. The van der Waals surface area contributed by atoms with Crippen molar-refractivity contribution >= 4 is 40.7 Å². The van der Waals surface area contributed by atoms with Crippen molar-refractivity contribution < 1.29 is 14.2 Å². The predicted molar refractivity (Wildman–Crippen MR) is 137 cm³/mol. The first kappa shape index (κ1) is 24.9. The number of thiazole rings is 1. The van der Waals surface area contributed by atoms with Crippen LogP contribution in [0.1, 0.15) is 47.7 Å². The summed E-state index contributed by atoms with van der Waals surface area (Å²) < 4.78 is 12.5. The van der Waals surface area contributed by atoms with Crippen molar-refractivity contribution in [1.82, 2.24) is 10.3 Å². The quantitative estimate of drug-likeness (QED) is 0.429. The minimum Gasteiger partial charge on any atom is -0.343 e. The van der Waals surface area contributed by atoms with E-state index in [1.807, 2.05) is 24.4 Å². The molecule has 0 aliphatic heterocycles. The van der Waals surface area contributed by atoms with Crippen molar-refractivity contribution in [2.75, 3.05) is 25.2 Å². The molecule has 2 amide bonds. The van der Waals surface area contributed by atoms with Crippen molar-refractivity contribution in [3.63, 3.8) is 0 Å². The summed E-state index contributed by atoms with van der Waals surface area (Å²) in [7, 11) is -2.51. The molecule has 0 saturated heterocycles. The van der Waals surface area contributed by atoms with Crippen molar-refractivity contribution in [3.8, 4) is 11.3 Å². The van der Waals surface area contributed by atoms with E-state index in [-0.39, 0.29) is 18.4 Å². The molecule has 1 unspecified atom stereocenters. The van der Waals surface area contributed by atoms with Gasteiger partial charge in [-0.2, -0.15) is 0 Å². The number of hydrogen-bond donors (Lipinski definition) is 2. The van der Waals surface area contributed by atoms with E-state index in [9.17, 15) is 14.2 Å². The summed E-state index contributed by atoms with van der Waals surface area (Å²) >= 11 is 1.34. The van der Waals surface area contributed by atoms with Crippen LogP contribution < -0.4 is 15.9 Å². The first-order chi connectivity index (χ1) is 15.6. The molecule has 3 aromatic rings. The number of benzene rings is 2. The van der Waals surface area contributed by atoms with Gasteiger partial charge in [0, 0.05) is 21.8 Å². The average molecular weight is 484 g/mol. The third-order valence-electron chi connectivity index (χ3n) is 5.58. The van der Waals surface area contributed by atoms with E-state index in [1.54, 1.807) is 31.5 Å². The van der Waals surface area contributed by atoms with Crippen LogP contribution in [0.2, 0.25) is 0 Å². The van der Waals surface area contributed by atoms with Crippen LogP contribution in [-0.4, -0.2) is 36.7 Å². The van der Waals surface area contributed by atoms with E-state index in [2.05, 4.69) is 41.6 Å². The summed E-state index contributed by atoms with van der Waals surface area (Å²) in [6, 6.07) is 13.4. The summed E-state index contributed by atoms with van der Waals surface area (Å²) in [5.74, 6) is -0.277. The fourth-order valence-corrected chi connectivity index (χ4v) is 5.57. The molecule has 33 heavy (non-hydrogen) atoms. The molecule has 1 heterocycles. The van der Waals surface area contributed by atoms with Gasteiger partial charge in [-0.1, -0.05) is 38.1 Å². The topological polar surface area (TPSA) is 88.2 Å². The SMILES string of the molecule is CCC(C)c1cccc(-c2csc(NC(=O)CNC(=O)c3ccc(C)c(P(C)(C)=O)c3)n2)c1. The highest BCUT2D eigenvalue weighted by Crippen LogP contribution is 2.36. The highest BCUT2D eigenvalue weighted by molar-refractivity contribution is 7.70. The highest BCUT2D eigenvalue weighted by Gasteiger charge is 2.17. The van der Waals surface area contributed by atoms with Gasteiger partial charge in [-0.25, -0.2) is 4.98 Å². The van der Waals surface area contributed by atoms with Crippen LogP contribution in [0.3, 0.4) is 0 Å². The second-order valence-electron chi connectivity index (χ2n) is 8.56. The van der Waals surface area contributed by atoms with Crippen LogP contribution in [0.4, 0.5) is 5.13 Å². The Labute approximate surface area is 199 Å². The lowest BCUT2D eigenvalue weighted by Crippen LogP contribution is -2.33. The zero-order valence-corrected chi connectivity index (χ0v) is 21.3. The number of nitrogens with one attached hydrogen (secondary N) is 2. The van der Waals surface area contributed by atoms with Gasteiger partial charge in [0.2, 0.25) is 5.91 Å². The van der Waals surface area contributed by atoms with E-state index in [1.165, 1.54) is 16.9 Å². The molecule has 174 valence electrons. The van der Waals surface area contributed by atoms with Gasteiger partial charge in [0.25, 0.3) is 5.91 Å². The standard InChI is InChI=1S/C25H30N3O3PS/c1-6-16(2)18-8-7-9-19(12-18)21-15-33-25(27-21)28-23(29)14-26-24(30)20-11-10-17(3)22(13-20)32(4,5)31/h7-13,15-16H,6,14H2,1-5H3,(H,26,30)(H,27,28,29). The normalized spacial score (nSPS) is 12.3. The number of nitrogens with zero attached hydrogens (tertiary/aromatic N) is 1. The van der Waals surface area contributed by atoms with Gasteiger partial charge in [0.05, 0.1) is 12.2 Å². The van der Waals surface area contributed by atoms with Gasteiger partial charge in [-0.15, -0.1) is 11.3 Å². The maximum absolute atomic E-state index is 12.5. The lowest BCUT2D eigenvalue weighted by molar-refractivity contribution is -0.115. The van der Waals surface area contributed by atoms with Crippen LogP contribution in [0.25, 0.3) is 11.3 Å². The fourth-order valence-electron chi connectivity index (χ4n) is 3.46.